The minimum absolute atomic E-state index is 0.0944. The van der Waals surface area contributed by atoms with Crippen molar-refractivity contribution in [1.29, 1.82) is 0 Å². The van der Waals surface area contributed by atoms with E-state index in [2.05, 4.69) is 0 Å². The van der Waals surface area contributed by atoms with Crippen LogP contribution < -0.4 is 4.74 Å². The largest absolute Gasteiger partial charge is 0.495 e. The first-order valence-corrected chi connectivity index (χ1v) is 10.6. The summed E-state index contributed by atoms with van der Waals surface area (Å²) in [6.07, 6.45) is 1.11. The molecule has 146 valence electrons. The molecule has 0 saturated carbocycles. The maximum atomic E-state index is 13.1. The van der Waals surface area contributed by atoms with Gasteiger partial charge in [-0.25, -0.2) is 8.42 Å². The summed E-state index contributed by atoms with van der Waals surface area (Å²) in [4.78, 5) is 14.5. The van der Waals surface area contributed by atoms with Gasteiger partial charge in [-0.05, 0) is 63.8 Å². The van der Waals surface area contributed by atoms with Gasteiger partial charge in [-0.3, -0.25) is 4.79 Å². The molecule has 1 fully saturated rings. The molecule has 0 aliphatic carbocycles. The van der Waals surface area contributed by atoms with E-state index in [9.17, 15) is 13.2 Å². The van der Waals surface area contributed by atoms with E-state index in [1.54, 1.807) is 12.1 Å². The molecule has 1 aromatic carbocycles. The zero-order valence-corrected chi connectivity index (χ0v) is 17.2. The fourth-order valence-electron chi connectivity index (χ4n) is 3.40. The van der Waals surface area contributed by atoms with E-state index in [1.165, 1.54) is 11.4 Å². The number of methoxy groups -OCH3 is 1. The van der Waals surface area contributed by atoms with Gasteiger partial charge in [-0.1, -0.05) is 0 Å². The lowest BCUT2D eigenvalue weighted by atomic mass is 9.96. The molecule has 26 heavy (non-hydrogen) atoms. The van der Waals surface area contributed by atoms with Crippen molar-refractivity contribution >= 4 is 15.9 Å². The second-order valence-electron chi connectivity index (χ2n) is 6.78. The third-order valence-electron chi connectivity index (χ3n) is 5.28. The number of amides is 1. The molecule has 1 aliphatic rings. The SMILES string of the molecule is CCN(CC)C(=O)C1CCN(S(=O)(=O)c2cc(C)c(C)cc2OC)CC1. The zero-order valence-electron chi connectivity index (χ0n) is 16.4. The van der Waals surface area contributed by atoms with Crippen molar-refractivity contribution in [1.82, 2.24) is 9.21 Å². The molecular formula is C19H30N2O4S. The number of hydrogen-bond donors (Lipinski definition) is 0. The van der Waals surface area contributed by atoms with Crippen LogP contribution in [0.4, 0.5) is 0 Å². The average Bonchev–Trinajstić information content (AvgIpc) is 2.64. The monoisotopic (exact) mass is 382 g/mol. The Bertz CT molecular complexity index is 749. The molecule has 1 aromatic rings. The van der Waals surface area contributed by atoms with Gasteiger partial charge >= 0.3 is 0 Å². The highest BCUT2D eigenvalue weighted by molar-refractivity contribution is 7.89. The van der Waals surface area contributed by atoms with Crippen LogP contribution in [-0.2, 0) is 14.8 Å². The number of ether oxygens (including phenoxy) is 1. The third kappa shape index (κ3) is 4.04. The predicted octanol–water partition coefficient (Wildman–Crippen LogP) is 2.58. The van der Waals surface area contributed by atoms with Crippen LogP contribution in [0.2, 0.25) is 0 Å². The summed E-state index contributed by atoms with van der Waals surface area (Å²) in [6, 6.07) is 3.44. The van der Waals surface area contributed by atoms with Crippen LogP contribution in [0, 0.1) is 19.8 Å². The Morgan fingerprint density at radius 1 is 1.15 bits per heavy atom. The van der Waals surface area contributed by atoms with Crippen molar-refractivity contribution in [2.45, 2.75) is 45.4 Å². The topological polar surface area (TPSA) is 66.9 Å². The van der Waals surface area contributed by atoms with Crippen LogP contribution in [0.15, 0.2) is 17.0 Å². The van der Waals surface area contributed by atoms with Crippen molar-refractivity contribution in [3.8, 4) is 5.75 Å². The Morgan fingerprint density at radius 3 is 2.19 bits per heavy atom. The molecule has 1 amide bonds. The minimum Gasteiger partial charge on any atom is -0.495 e. The van der Waals surface area contributed by atoms with Gasteiger partial charge in [-0.15, -0.1) is 0 Å². The van der Waals surface area contributed by atoms with Gasteiger partial charge in [-0.2, -0.15) is 4.31 Å². The standard InChI is InChI=1S/C19H30N2O4S/c1-6-20(7-2)19(22)16-8-10-21(11-9-16)26(23,24)18-13-15(4)14(3)12-17(18)25-5/h12-13,16H,6-11H2,1-5H3. The normalized spacial score (nSPS) is 16.5. The molecule has 6 nitrogen and oxygen atoms in total. The molecule has 0 atom stereocenters. The first-order chi connectivity index (χ1) is 12.3. The molecule has 1 aliphatic heterocycles. The Morgan fingerprint density at radius 2 is 1.69 bits per heavy atom. The van der Waals surface area contributed by atoms with E-state index in [4.69, 9.17) is 4.74 Å². The smallest absolute Gasteiger partial charge is 0.246 e. The Balaban J connectivity index is 2.18. The van der Waals surface area contributed by atoms with E-state index in [1.807, 2.05) is 32.6 Å². The number of carbonyl (C=O) groups is 1. The molecule has 0 aromatic heterocycles. The second-order valence-corrected chi connectivity index (χ2v) is 8.68. The van der Waals surface area contributed by atoms with Crippen molar-refractivity contribution in [3.63, 3.8) is 0 Å². The van der Waals surface area contributed by atoms with E-state index >= 15 is 0 Å². The maximum Gasteiger partial charge on any atom is 0.246 e. The van der Waals surface area contributed by atoms with Crippen LogP contribution in [0.3, 0.4) is 0 Å². The number of nitrogens with zero attached hydrogens (tertiary/aromatic N) is 2. The third-order valence-corrected chi connectivity index (χ3v) is 7.20. The van der Waals surface area contributed by atoms with Crippen molar-refractivity contribution in [2.24, 2.45) is 5.92 Å². The van der Waals surface area contributed by atoms with Crippen molar-refractivity contribution < 1.29 is 17.9 Å². The minimum atomic E-state index is -3.64. The van der Waals surface area contributed by atoms with Gasteiger partial charge in [0.2, 0.25) is 15.9 Å². The average molecular weight is 383 g/mol. The summed E-state index contributed by atoms with van der Waals surface area (Å²) in [6.45, 7) is 9.84. The van der Waals surface area contributed by atoms with E-state index in [0.29, 0.717) is 44.8 Å². The highest BCUT2D eigenvalue weighted by Crippen LogP contribution is 2.32. The van der Waals surface area contributed by atoms with Crippen molar-refractivity contribution in [3.05, 3.63) is 23.3 Å². The van der Waals surface area contributed by atoms with Gasteiger partial charge < -0.3 is 9.64 Å². The number of benzene rings is 1. The molecule has 1 heterocycles. The van der Waals surface area contributed by atoms with Gasteiger partial charge in [0, 0.05) is 32.1 Å². The molecular weight excluding hydrogens is 352 g/mol. The van der Waals surface area contributed by atoms with Gasteiger partial charge in [0.25, 0.3) is 0 Å². The molecule has 1 saturated heterocycles. The van der Waals surface area contributed by atoms with Crippen LogP contribution in [-0.4, -0.2) is 56.8 Å². The lowest BCUT2D eigenvalue weighted by molar-refractivity contribution is -0.136. The first-order valence-electron chi connectivity index (χ1n) is 9.20. The Labute approximate surface area is 157 Å². The van der Waals surface area contributed by atoms with E-state index in [-0.39, 0.29) is 16.7 Å². The van der Waals surface area contributed by atoms with Crippen molar-refractivity contribution in [2.75, 3.05) is 33.3 Å². The quantitative estimate of drug-likeness (QED) is 0.758. The van der Waals surface area contributed by atoms with Crippen LogP contribution in [0.5, 0.6) is 5.75 Å². The zero-order chi connectivity index (χ0) is 19.5. The summed E-state index contributed by atoms with van der Waals surface area (Å²) in [7, 11) is -2.16. The van der Waals surface area contributed by atoms with E-state index in [0.717, 1.165) is 11.1 Å². The van der Waals surface area contributed by atoms with Gasteiger partial charge in [0.05, 0.1) is 7.11 Å². The van der Waals surface area contributed by atoms with Crippen LogP contribution in [0.25, 0.3) is 0 Å². The summed E-state index contributed by atoms with van der Waals surface area (Å²) in [5.74, 6) is 0.410. The molecule has 0 N–H and O–H groups in total. The molecule has 0 spiro atoms. The van der Waals surface area contributed by atoms with Crippen LogP contribution in [0.1, 0.15) is 37.8 Å². The lowest BCUT2D eigenvalue weighted by Gasteiger charge is -2.33. The van der Waals surface area contributed by atoms with Crippen LogP contribution >= 0.6 is 0 Å². The fraction of sp³-hybridized carbons (Fsp3) is 0.632. The number of sulfonamides is 1. The van der Waals surface area contributed by atoms with E-state index < -0.39 is 10.0 Å². The number of piperidine rings is 1. The molecule has 2 rings (SSSR count). The highest BCUT2D eigenvalue weighted by atomic mass is 32.2. The number of rotatable bonds is 6. The Kier molecular flexibility index (Phi) is 6.69. The molecule has 0 unspecified atom stereocenters. The number of aryl methyl sites for hydroxylation is 2. The first kappa shape index (κ1) is 20.7. The summed E-state index contributed by atoms with van der Waals surface area (Å²) < 4.78 is 33.0. The highest BCUT2D eigenvalue weighted by Gasteiger charge is 2.34. The Hall–Kier alpha value is -1.60. The molecule has 7 heteroatoms. The molecule has 0 bridgehead atoms. The van der Waals surface area contributed by atoms with Gasteiger partial charge in [0.15, 0.2) is 0 Å². The predicted molar refractivity (Wildman–Crippen MR) is 102 cm³/mol. The molecule has 0 radical (unpaired) electrons. The maximum absolute atomic E-state index is 13.1. The summed E-state index contributed by atoms with van der Waals surface area (Å²) in [5, 5.41) is 0. The summed E-state index contributed by atoms with van der Waals surface area (Å²) >= 11 is 0. The number of hydrogen-bond acceptors (Lipinski definition) is 4. The number of carbonyl (C=O) groups excluding carboxylic acids is 1. The summed E-state index contributed by atoms with van der Waals surface area (Å²) in [5.41, 5.74) is 1.90. The lowest BCUT2D eigenvalue weighted by Crippen LogP contribution is -2.44. The second kappa shape index (κ2) is 8.39. The fourth-order valence-corrected chi connectivity index (χ4v) is 5.09. The van der Waals surface area contributed by atoms with Gasteiger partial charge in [0.1, 0.15) is 10.6 Å².